The molecular weight excluding hydrogens is 334 g/mol. The van der Waals surface area contributed by atoms with E-state index in [1.54, 1.807) is 4.90 Å². The van der Waals surface area contributed by atoms with Crippen LogP contribution in [0.4, 0.5) is 5.69 Å². The standard InChI is InChI=1S/C15H16BrN3O2/c1-11-2-3-14(13(16)8-11)18-10-12(9-17)15(20)19-4-6-21-7-5-19/h2-3,8,10,18H,4-7H2,1H3/b12-10-. The summed E-state index contributed by atoms with van der Waals surface area (Å²) in [6.07, 6.45) is 1.45. The van der Waals surface area contributed by atoms with Gasteiger partial charge in [0.05, 0.1) is 18.9 Å². The molecule has 0 aliphatic carbocycles. The topological polar surface area (TPSA) is 65.4 Å². The number of morpholine rings is 1. The van der Waals surface area contributed by atoms with Crippen LogP contribution in [0.2, 0.25) is 0 Å². The number of aryl methyl sites for hydroxylation is 1. The number of benzene rings is 1. The Morgan fingerprint density at radius 2 is 2.19 bits per heavy atom. The van der Waals surface area contributed by atoms with Crippen molar-refractivity contribution in [3.8, 4) is 6.07 Å². The normalized spacial score (nSPS) is 15.5. The minimum Gasteiger partial charge on any atom is -0.378 e. The number of nitrogens with one attached hydrogen (secondary N) is 1. The zero-order chi connectivity index (χ0) is 15.2. The largest absolute Gasteiger partial charge is 0.378 e. The van der Waals surface area contributed by atoms with E-state index in [9.17, 15) is 4.79 Å². The van der Waals surface area contributed by atoms with E-state index >= 15 is 0 Å². The van der Waals surface area contributed by atoms with E-state index in [1.165, 1.54) is 6.20 Å². The highest BCUT2D eigenvalue weighted by molar-refractivity contribution is 9.10. The molecule has 0 radical (unpaired) electrons. The first-order chi connectivity index (χ1) is 10.1. The maximum atomic E-state index is 12.2. The highest BCUT2D eigenvalue weighted by Crippen LogP contribution is 2.23. The van der Waals surface area contributed by atoms with Crippen molar-refractivity contribution >= 4 is 27.5 Å². The number of anilines is 1. The van der Waals surface area contributed by atoms with Gasteiger partial charge in [-0.25, -0.2) is 0 Å². The molecule has 1 aromatic carbocycles. The van der Waals surface area contributed by atoms with Crippen LogP contribution < -0.4 is 5.32 Å². The van der Waals surface area contributed by atoms with Crippen LogP contribution in [-0.2, 0) is 9.53 Å². The summed E-state index contributed by atoms with van der Waals surface area (Å²) < 4.78 is 6.09. The van der Waals surface area contributed by atoms with Crippen LogP contribution in [0, 0.1) is 18.3 Å². The van der Waals surface area contributed by atoms with Crippen molar-refractivity contribution in [2.75, 3.05) is 31.6 Å². The van der Waals surface area contributed by atoms with Gasteiger partial charge >= 0.3 is 0 Å². The predicted octanol–water partition coefficient (Wildman–Crippen LogP) is 2.44. The molecule has 1 aromatic rings. The highest BCUT2D eigenvalue weighted by Gasteiger charge is 2.20. The van der Waals surface area contributed by atoms with Gasteiger partial charge in [0.1, 0.15) is 11.6 Å². The number of nitriles is 1. The van der Waals surface area contributed by atoms with E-state index < -0.39 is 0 Å². The summed E-state index contributed by atoms with van der Waals surface area (Å²) in [4.78, 5) is 13.8. The van der Waals surface area contributed by atoms with Crippen LogP contribution in [0.5, 0.6) is 0 Å². The lowest BCUT2D eigenvalue weighted by Crippen LogP contribution is -2.41. The van der Waals surface area contributed by atoms with E-state index in [0.717, 1.165) is 15.7 Å². The quantitative estimate of drug-likeness (QED) is 0.672. The maximum absolute atomic E-state index is 12.2. The Kier molecular flexibility index (Phi) is 5.37. The molecule has 1 amide bonds. The molecule has 0 aromatic heterocycles. The first-order valence-corrected chi connectivity index (χ1v) is 7.41. The number of halogens is 1. The van der Waals surface area contributed by atoms with Gasteiger partial charge in [-0.2, -0.15) is 5.26 Å². The van der Waals surface area contributed by atoms with E-state index in [4.69, 9.17) is 10.00 Å². The second-order valence-corrected chi connectivity index (χ2v) is 5.56. The zero-order valence-corrected chi connectivity index (χ0v) is 13.3. The average Bonchev–Trinajstić information content (AvgIpc) is 2.50. The van der Waals surface area contributed by atoms with Crippen LogP contribution >= 0.6 is 15.9 Å². The first kappa shape index (κ1) is 15.5. The third-order valence-electron chi connectivity index (χ3n) is 3.15. The van der Waals surface area contributed by atoms with Crippen molar-refractivity contribution < 1.29 is 9.53 Å². The number of carbonyl (C=O) groups excluding carboxylic acids is 1. The fourth-order valence-corrected chi connectivity index (χ4v) is 2.57. The molecule has 1 N–H and O–H groups in total. The van der Waals surface area contributed by atoms with Gasteiger partial charge in [-0.05, 0) is 40.5 Å². The summed E-state index contributed by atoms with van der Waals surface area (Å²) in [6.45, 7) is 4.06. The molecule has 2 rings (SSSR count). The maximum Gasteiger partial charge on any atom is 0.266 e. The van der Waals surface area contributed by atoms with Gasteiger partial charge in [0.2, 0.25) is 0 Å². The van der Waals surface area contributed by atoms with Gasteiger partial charge in [0, 0.05) is 23.8 Å². The second kappa shape index (κ2) is 7.25. The molecule has 0 atom stereocenters. The molecule has 0 saturated carbocycles. The summed E-state index contributed by atoms with van der Waals surface area (Å²) in [7, 11) is 0. The average molecular weight is 350 g/mol. The van der Waals surface area contributed by atoms with Gasteiger partial charge in [-0.1, -0.05) is 6.07 Å². The van der Waals surface area contributed by atoms with E-state index in [1.807, 2.05) is 31.2 Å². The van der Waals surface area contributed by atoms with Crippen molar-refractivity contribution in [2.24, 2.45) is 0 Å². The first-order valence-electron chi connectivity index (χ1n) is 6.62. The molecule has 1 fully saturated rings. The lowest BCUT2D eigenvalue weighted by Gasteiger charge is -2.26. The molecule has 5 nitrogen and oxygen atoms in total. The van der Waals surface area contributed by atoms with Crippen LogP contribution in [0.15, 0.2) is 34.4 Å². The van der Waals surface area contributed by atoms with Gasteiger partial charge in [-0.3, -0.25) is 4.79 Å². The molecule has 0 bridgehead atoms. The van der Waals surface area contributed by atoms with Gasteiger partial charge in [0.25, 0.3) is 5.91 Å². The Balaban J connectivity index is 2.09. The zero-order valence-electron chi connectivity index (χ0n) is 11.7. The SMILES string of the molecule is Cc1ccc(N/C=C(/C#N)C(=O)N2CCOCC2)c(Br)c1. The smallest absolute Gasteiger partial charge is 0.266 e. The summed E-state index contributed by atoms with van der Waals surface area (Å²) in [5, 5.41) is 12.2. The molecule has 6 heteroatoms. The number of nitrogens with zero attached hydrogens (tertiary/aromatic N) is 2. The van der Waals surface area contributed by atoms with Crippen LogP contribution in [0.3, 0.4) is 0 Å². The van der Waals surface area contributed by atoms with E-state index in [0.29, 0.717) is 26.3 Å². The van der Waals surface area contributed by atoms with Crippen molar-refractivity contribution in [2.45, 2.75) is 6.92 Å². The third-order valence-corrected chi connectivity index (χ3v) is 3.80. The summed E-state index contributed by atoms with van der Waals surface area (Å²) >= 11 is 3.45. The number of ether oxygens (including phenoxy) is 1. The monoisotopic (exact) mass is 349 g/mol. The van der Waals surface area contributed by atoms with Crippen molar-refractivity contribution in [3.63, 3.8) is 0 Å². The molecule has 1 aliphatic heterocycles. The Bertz CT molecular complexity index is 601. The van der Waals surface area contributed by atoms with Crippen molar-refractivity contribution in [1.82, 2.24) is 4.90 Å². The van der Waals surface area contributed by atoms with Crippen LogP contribution in [-0.4, -0.2) is 37.1 Å². The van der Waals surface area contributed by atoms with E-state index in [2.05, 4.69) is 21.2 Å². The van der Waals surface area contributed by atoms with Gasteiger partial charge < -0.3 is 15.0 Å². The van der Waals surface area contributed by atoms with Crippen molar-refractivity contribution in [1.29, 1.82) is 5.26 Å². The van der Waals surface area contributed by atoms with E-state index in [-0.39, 0.29) is 11.5 Å². The molecule has 21 heavy (non-hydrogen) atoms. The van der Waals surface area contributed by atoms with Gasteiger partial charge in [-0.15, -0.1) is 0 Å². The molecule has 0 unspecified atom stereocenters. The lowest BCUT2D eigenvalue weighted by molar-refractivity contribution is -0.130. The minimum absolute atomic E-state index is 0.0874. The predicted molar refractivity (Wildman–Crippen MR) is 83.6 cm³/mol. The fraction of sp³-hybridized carbons (Fsp3) is 0.333. The van der Waals surface area contributed by atoms with Crippen molar-refractivity contribution in [3.05, 3.63) is 40.0 Å². The molecular formula is C15H16BrN3O2. The number of carbonyl (C=O) groups is 1. The summed E-state index contributed by atoms with van der Waals surface area (Å²) in [5.74, 6) is -0.267. The minimum atomic E-state index is -0.267. The Hall–Kier alpha value is -1.84. The number of amides is 1. The molecule has 1 saturated heterocycles. The Morgan fingerprint density at radius 1 is 1.48 bits per heavy atom. The number of rotatable bonds is 3. The summed E-state index contributed by atoms with van der Waals surface area (Å²) in [6, 6.07) is 7.76. The molecule has 0 spiro atoms. The molecule has 1 aliphatic rings. The summed E-state index contributed by atoms with van der Waals surface area (Å²) in [5.41, 5.74) is 2.02. The molecule has 110 valence electrons. The third kappa shape index (κ3) is 4.06. The number of hydrogen-bond acceptors (Lipinski definition) is 4. The Morgan fingerprint density at radius 3 is 2.81 bits per heavy atom. The Labute approximate surface area is 132 Å². The molecule has 1 heterocycles. The van der Waals surface area contributed by atoms with Crippen LogP contribution in [0.1, 0.15) is 5.56 Å². The van der Waals surface area contributed by atoms with Gasteiger partial charge in [0.15, 0.2) is 0 Å². The van der Waals surface area contributed by atoms with Crippen LogP contribution in [0.25, 0.3) is 0 Å². The number of hydrogen-bond donors (Lipinski definition) is 1. The lowest BCUT2D eigenvalue weighted by atomic mass is 10.2. The fourth-order valence-electron chi connectivity index (χ4n) is 1.97. The highest BCUT2D eigenvalue weighted by atomic mass is 79.9. The second-order valence-electron chi connectivity index (χ2n) is 4.70.